The number of sulfonamides is 1. The number of hydrogen-bond acceptors (Lipinski definition) is 4. The van der Waals surface area contributed by atoms with Crippen LogP contribution in [0.25, 0.3) is 0 Å². The zero-order chi connectivity index (χ0) is 17.6. The predicted octanol–water partition coefficient (Wildman–Crippen LogP) is 2.42. The van der Waals surface area contributed by atoms with E-state index in [4.69, 9.17) is 23.2 Å². The zero-order valence-electron chi connectivity index (χ0n) is 12.2. The Morgan fingerprint density at radius 3 is 2.50 bits per heavy atom. The number of rotatable bonds is 6. The molecule has 0 aromatic heterocycles. The van der Waals surface area contributed by atoms with Crippen LogP contribution in [-0.2, 0) is 14.8 Å². The molecule has 1 amide bonds. The monoisotopic (exact) mass is 385 g/mol. The van der Waals surface area contributed by atoms with E-state index in [0.29, 0.717) is 15.6 Å². The highest BCUT2D eigenvalue weighted by atomic mass is 35.5. The third kappa shape index (κ3) is 5.04. The van der Waals surface area contributed by atoms with Gasteiger partial charge in [-0.15, -0.1) is 0 Å². The Hall–Kier alpha value is -1.93. The molecule has 2 aromatic carbocycles. The molecule has 0 radical (unpaired) electrons. The van der Waals surface area contributed by atoms with E-state index < -0.39 is 22.5 Å². The second-order valence-corrected chi connectivity index (χ2v) is 7.13. The number of hydrazone groups is 1. The second kappa shape index (κ2) is 8.25. The molecule has 24 heavy (non-hydrogen) atoms. The molecule has 0 aliphatic carbocycles. The van der Waals surface area contributed by atoms with E-state index >= 15 is 0 Å². The highest BCUT2D eigenvalue weighted by Gasteiger charge is 2.14. The lowest BCUT2D eigenvalue weighted by molar-refractivity contribution is -0.119. The summed E-state index contributed by atoms with van der Waals surface area (Å²) in [7, 11) is -3.75. The van der Waals surface area contributed by atoms with Gasteiger partial charge in [0.2, 0.25) is 10.0 Å². The van der Waals surface area contributed by atoms with Gasteiger partial charge in [-0.05, 0) is 18.2 Å². The quantitative estimate of drug-likeness (QED) is 0.591. The maximum absolute atomic E-state index is 12.0. The summed E-state index contributed by atoms with van der Waals surface area (Å²) in [5, 5.41) is 4.39. The van der Waals surface area contributed by atoms with Crippen molar-refractivity contribution in [3.05, 3.63) is 64.1 Å². The first-order valence-electron chi connectivity index (χ1n) is 6.71. The van der Waals surface area contributed by atoms with E-state index in [1.165, 1.54) is 18.3 Å². The minimum absolute atomic E-state index is 0.0759. The molecule has 2 N–H and O–H groups in total. The van der Waals surface area contributed by atoms with Crippen molar-refractivity contribution in [2.75, 3.05) is 6.54 Å². The number of carbonyl (C=O) groups is 1. The van der Waals surface area contributed by atoms with Gasteiger partial charge in [0, 0.05) is 5.56 Å². The standard InChI is InChI=1S/C15H13Cl2N3O3S/c16-13-8-4-5-11(15(13)17)9-18-20-14(21)10-19-24(22,23)12-6-2-1-3-7-12/h1-9,19H,10H2,(H,20,21)/b18-9-. The van der Waals surface area contributed by atoms with Crippen molar-refractivity contribution in [1.82, 2.24) is 10.1 Å². The van der Waals surface area contributed by atoms with Crippen LogP contribution in [0, 0.1) is 0 Å². The molecular formula is C15H13Cl2N3O3S. The maximum atomic E-state index is 12.0. The molecule has 0 aliphatic rings. The fraction of sp³-hybridized carbons (Fsp3) is 0.0667. The molecule has 126 valence electrons. The number of benzene rings is 2. The summed E-state index contributed by atoms with van der Waals surface area (Å²) in [6.45, 7) is -0.447. The van der Waals surface area contributed by atoms with Crippen LogP contribution >= 0.6 is 23.2 Å². The summed E-state index contributed by atoms with van der Waals surface area (Å²) in [5.74, 6) is -0.621. The molecule has 0 atom stereocenters. The van der Waals surface area contributed by atoms with E-state index in [2.05, 4.69) is 15.2 Å². The Kier molecular flexibility index (Phi) is 6.33. The van der Waals surface area contributed by atoms with Crippen LogP contribution in [0.15, 0.2) is 58.5 Å². The van der Waals surface area contributed by atoms with E-state index in [1.54, 1.807) is 36.4 Å². The second-order valence-electron chi connectivity index (χ2n) is 4.57. The topological polar surface area (TPSA) is 87.6 Å². The third-order valence-electron chi connectivity index (χ3n) is 2.85. The van der Waals surface area contributed by atoms with Crippen molar-refractivity contribution in [1.29, 1.82) is 0 Å². The average molecular weight is 386 g/mol. The zero-order valence-corrected chi connectivity index (χ0v) is 14.6. The van der Waals surface area contributed by atoms with Gasteiger partial charge in [-0.25, -0.2) is 18.6 Å². The number of halogens is 2. The lowest BCUT2D eigenvalue weighted by Crippen LogP contribution is -2.34. The minimum Gasteiger partial charge on any atom is -0.272 e. The van der Waals surface area contributed by atoms with Crippen LogP contribution in [0.4, 0.5) is 0 Å². The number of hydrogen-bond donors (Lipinski definition) is 2. The Labute approximate surface area is 149 Å². The van der Waals surface area contributed by atoms with Crippen LogP contribution < -0.4 is 10.1 Å². The molecule has 0 saturated heterocycles. The van der Waals surface area contributed by atoms with Crippen molar-refractivity contribution in [3.8, 4) is 0 Å². The SMILES string of the molecule is O=C(CNS(=O)(=O)c1ccccc1)N/N=C\c1cccc(Cl)c1Cl. The summed E-state index contributed by atoms with van der Waals surface area (Å²) in [6.07, 6.45) is 1.32. The van der Waals surface area contributed by atoms with Gasteiger partial charge >= 0.3 is 0 Å². The Morgan fingerprint density at radius 2 is 1.79 bits per heavy atom. The summed E-state index contributed by atoms with van der Waals surface area (Å²) in [4.78, 5) is 11.7. The summed E-state index contributed by atoms with van der Waals surface area (Å²) in [6, 6.07) is 12.7. The predicted molar refractivity (Wildman–Crippen MR) is 93.8 cm³/mol. The maximum Gasteiger partial charge on any atom is 0.255 e. The van der Waals surface area contributed by atoms with E-state index in [9.17, 15) is 13.2 Å². The molecule has 2 rings (SSSR count). The molecular weight excluding hydrogens is 373 g/mol. The fourth-order valence-corrected chi connectivity index (χ4v) is 3.04. The van der Waals surface area contributed by atoms with Crippen molar-refractivity contribution in [3.63, 3.8) is 0 Å². The number of carbonyl (C=O) groups excluding carboxylic acids is 1. The number of nitrogens with zero attached hydrogens (tertiary/aromatic N) is 1. The van der Waals surface area contributed by atoms with Gasteiger partial charge in [-0.3, -0.25) is 4.79 Å². The molecule has 0 aliphatic heterocycles. The number of nitrogens with one attached hydrogen (secondary N) is 2. The Bertz CT molecular complexity index is 856. The van der Waals surface area contributed by atoms with Gasteiger partial charge in [0.15, 0.2) is 0 Å². The van der Waals surface area contributed by atoms with Crippen LogP contribution in [0.2, 0.25) is 10.0 Å². The first-order chi connectivity index (χ1) is 11.4. The molecule has 0 heterocycles. The van der Waals surface area contributed by atoms with Gasteiger partial charge in [0.1, 0.15) is 0 Å². The van der Waals surface area contributed by atoms with Gasteiger partial charge < -0.3 is 0 Å². The number of amides is 1. The fourth-order valence-electron chi connectivity index (χ4n) is 1.68. The lowest BCUT2D eigenvalue weighted by Gasteiger charge is -2.05. The summed E-state index contributed by atoms with van der Waals surface area (Å²) < 4.78 is 26.1. The van der Waals surface area contributed by atoms with Crippen molar-refractivity contribution < 1.29 is 13.2 Å². The van der Waals surface area contributed by atoms with Crippen molar-refractivity contribution in [2.45, 2.75) is 4.90 Å². The first kappa shape index (κ1) is 18.4. The minimum atomic E-state index is -3.75. The van der Waals surface area contributed by atoms with E-state index in [1.807, 2.05) is 0 Å². The van der Waals surface area contributed by atoms with E-state index in [0.717, 1.165) is 0 Å². The molecule has 0 fully saturated rings. The van der Waals surface area contributed by atoms with Gasteiger partial charge in [0.25, 0.3) is 5.91 Å². The molecule has 6 nitrogen and oxygen atoms in total. The van der Waals surface area contributed by atoms with Crippen molar-refractivity contribution >= 4 is 45.3 Å². The summed E-state index contributed by atoms with van der Waals surface area (Å²) >= 11 is 11.8. The molecule has 0 saturated carbocycles. The van der Waals surface area contributed by atoms with Crippen LogP contribution in [0.3, 0.4) is 0 Å². The average Bonchev–Trinajstić information content (AvgIpc) is 2.58. The van der Waals surface area contributed by atoms with Gasteiger partial charge in [-0.2, -0.15) is 5.10 Å². The molecule has 0 spiro atoms. The first-order valence-corrected chi connectivity index (χ1v) is 8.95. The highest BCUT2D eigenvalue weighted by molar-refractivity contribution is 7.89. The Morgan fingerprint density at radius 1 is 1.08 bits per heavy atom. The van der Waals surface area contributed by atoms with E-state index in [-0.39, 0.29) is 4.90 Å². The van der Waals surface area contributed by atoms with Crippen LogP contribution in [0.1, 0.15) is 5.56 Å². The molecule has 0 unspecified atom stereocenters. The molecule has 2 aromatic rings. The van der Waals surface area contributed by atoms with Crippen LogP contribution in [0.5, 0.6) is 0 Å². The summed E-state index contributed by atoms with van der Waals surface area (Å²) in [5.41, 5.74) is 2.73. The molecule has 9 heteroatoms. The van der Waals surface area contributed by atoms with Crippen LogP contribution in [-0.4, -0.2) is 27.1 Å². The smallest absolute Gasteiger partial charge is 0.255 e. The largest absolute Gasteiger partial charge is 0.272 e. The third-order valence-corrected chi connectivity index (χ3v) is 5.10. The van der Waals surface area contributed by atoms with Crippen molar-refractivity contribution in [2.24, 2.45) is 5.10 Å². The van der Waals surface area contributed by atoms with Gasteiger partial charge in [-0.1, -0.05) is 53.5 Å². The molecule has 0 bridgehead atoms. The van der Waals surface area contributed by atoms with Gasteiger partial charge in [0.05, 0.1) is 27.7 Å². The Balaban J connectivity index is 1.90. The highest BCUT2D eigenvalue weighted by Crippen LogP contribution is 2.24. The normalized spacial score (nSPS) is 11.6. The lowest BCUT2D eigenvalue weighted by atomic mass is 10.2.